The summed E-state index contributed by atoms with van der Waals surface area (Å²) in [5.74, 6) is 0. The molecule has 0 N–H and O–H groups in total. The third kappa shape index (κ3) is 1.30. The number of hydrogen-bond donors (Lipinski definition) is 0. The average molecular weight is 163 g/mol. The lowest BCUT2D eigenvalue weighted by molar-refractivity contribution is 0.416. The molecule has 1 aromatic rings. The number of anilines is 1. The lowest BCUT2D eigenvalue weighted by Crippen LogP contribution is -2.10. The number of nitrogens with zero attached hydrogens (tertiary/aromatic N) is 1. The molecule has 0 radical (unpaired) electrons. The van der Waals surface area contributed by atoms with Crippen LogP contribution in [-0.2, 0) is 4.74 Å². The summed E-state index contributed by atoms with van der Waals surface area (Å²) in [5, 5.41) is 0. The first-order chi connectivity index (χ1) is 5.79. The molecule has 2 nitrogen and oxygen atoms in total. The van der Waals surface area contributed by atoms with Gasteiger partial charge in [0.2, 0.25) is 0 Å². The Morgan fingerprint density at radius 2 is 2.00 bits per heavy atom. The molecule has 1 fully saturated rings. The van der Waals surface area contributed by atoms with Gasteiger partial charge in [0, 0.05) is 25.3 Å². The fourth-order valence-electron chi connectivity index (χ4n) is 1.39. The van der Waals surface area contributed by atoms with Gasteiger partial charge in [0.1, 0.15) is 6.10 Å². The molecule has 0 bridgehead atoms. The number of hydrogen-bond acceptors (Lipinski definition) is 2. The van der Waals surface area contributed by atoms with Crippen LogP contribution in [-0.4, -0.2) is 20.7 Å². The maximum absolute atomic E-state index is 5.26. The Kier molecular flexibility index (Phi) is 1.77. The Bertz CT molecular complexity index is 258. The maximum Gasteiger partial charge on any atom is 0.108 e. The zero-order valence-electron chi connectivity index (χ0n) is 7.45. The minimum atomic E-state index is 0.351. The average Bonchev–Trinajstić information content (AvgIpc) is 2.87. The third-order valence-corrected chi connectivity index (χ3v) is 2.10. The van der Waals surface area contributed by atoms with E-state index in [0.29, 0.717) is 6.10 Å². The van der Waals surface area contributed by atoms with Crippen LogP contribution in [0, 0.1) is 0 Å². The number of para-hydroxylation sites is 1. The summed E-state index contributed by atoms with van der Waals surface area (Å²) >= 11 is 0. The second-order valence-corrected chi connectivity index (χ2v) is 3.28. The van der Waals surface area contributed by atoms with E-state index in [2.05, 4.69) is 43.3 Å². The van der Waals surface area contributed by atoms with E-state index in [1.165, 1.54) is 11.3 Å². The van der Waals surface area contributed by atoms with Gasteiger partial charge in [0.25, 0.3) is 0 Å². The van der Waals surface area contributed by atoms with Crippen molar-refractivity contribution in [1.82, 2.24) is 0 Å². The lowest BCUT2D eigenvalue weighted by atomic mass is 10.1. The quantitative estimate of drug-likeness (QED) is 0.618. The smallest absolute Gasteiger partial charge is 0.108 e. The predicted octanol–water partition coefficient (Wildman–Crippen LogP) is 1.82. The zero-order chi connectivity index (χ0) is 8.55. The monoisotopic (exact) mass is 163 g/mol. The van der Waals surface area contributed by atoms with E-state index in [1.54, 1.807) is 0 Å². The van der Waals surface area contributed by atoms with E-state index >= 15 is 0 Å². The van der Waals surface area contributed by atoms with Crippen LogP contribution >= 0.6 is 0 Å². The molecule has 2 heteroatoms. The molecule has 1 atom stereocenters. The van der Waals surface area contributed by atoms with Crippen molar-refractivity contribution in [3.05, 3.63) is 29.8 Å². The van der Waals surface area contributed by atoms with Crippen LogP contribution in [0.15, 0.2) is 24.3 Å². The molecule has 0 aliphatic carbocycles. The van der Waals surface area contributed by atoms with Gasteiger partial charge in [-0.15, -0.1) is 0 Å². The molecule has 0 spiro atoms. The Hall–Kier alpha value is -1.02. The summed E-state index contributed by atoms with van der Waals surface area (Å²) in [6, 6.07) is 8.37. The fourth-order valence-corrected chi connectivity index (χ4v) is 1.39. The molecule has 1 unspecified atom stereocenters. The van der Waals surface area contributed by atoms with Crippen molar-refractivity contribution < 1.29 is 4.74 Å². The first-order valence-electron chi connectivity index (χ1n) is 4.17. The Morgan fingerprint density at radius 3 is 2.58 bits per heavy atom. The van der Waals surface area contributed by atoms with Gasteiger partial charge in [0.05, 0.1) is 6.61 Å². The molecule has 2 rings (SSSR count). The highest BCUT2D eigenvalue weighted by Gasteiger charge is 2.27. The van der Waals surface area contributed by atoms with E-state index in [1.807, 2.05) is 0 Å². The lowest BCUT2D eigenvalue weighted by Gasteiger charge is -2.15. The van der Waals surface area contributed by atoms with Gasteiger partial charge in [-0.2, -0.15) is 0 Å². The van der Waals surface area contributed by atoms with Crippen molar-refractivity contribution >= 4 is 5.69 Å². The number of ether oxygens (including phenoxy) is 1. The second kappa shape index (κ2) is 2.79. The Balaban J connectivity index is 2.36. The van der Waals surface area contributed by atoms with Crippen LogP contribution < -0.4 is 4.90 Å². The molecular formula is C10H13NO. The SMILES string of the molecule is CN(C)c1ccccc1C1CO1. The van der Waals surface area contributed by atoms with Gasteiger partial charge in [-0.1, -0.05) is 18.2 Å². The van der Waals surface area contributed by atoms with Gasteiger partial charge >= 0.3 is 0 Å². The molecule has 1 aliphatic heterocycles. The molecule has 12 heavy (non-hydrogen) atoms. The van der Waals surface area contributed by atoms with E-state index < -0.39 is 0 Å². The summed E-state index contributed by atoms with van der Waals surface area (Å²) < 4.78 is 5.26. The molecule has 1 heterocycles. The van der Waals surface area contributed by atoms with Gasteiger partial charge in [-0.3, -0.25) is 0 Å². The van der Waals surface area contributed by atoms with Gasteiger partial charge < -0.3 is 9.64 Å². The van der Waals surface area contributed by atoms with Gasteiger partial charge in [-0.05, 0) is 6.07 Å². The molecule has 1 aromatic carbocycles. The molecule has 64 valence electrons. The van der Waals surface area contributed by atoms with Crippen molar-refractivity contribution in [2.24, 2.45) is 0 Å². The molecule has 0 amide bonds. The highest BCUT2D eigenvalue weighted by molar-refractivity contribution is 5.54. The molecule has 0 aromatic heterocycles. The maximum atomic E-state index is 5.26. The summed E-state index contributed by atoms with van der Waals surface area (Å²) in [5.41, 5.74) is 2.57. The van der Waals surface area contributed by atoms with E-state index in [9.17, 15) is 0 Å². The van der Waals surface area contributed by atoms with Crippen molar-refractivity contribution in [1.29, 1.82) is 0 Å². The molecule has 1 aliphatic rings. The minimum absolute atomic E-state index is 0.351. The number of benzene rings is 1. The highest BCUT2D eigenvalue weighted by atomic mass is 16.6. The van der Waals surface area contributed by atoms with Crippen LogP contribution in [0.2, 0.25) is 0 Å². The van der Waals surface area contributed by atoms with E-state index in [-0.39, 0.29) is 0 Å². The van der Waals surface area contributed by atoms with Crippen LogP contribution in [0.3, 0.4) is 0 Å². The summed E-state index contributed by atoms with van der Waals surface area (Å²) in [4.78, 5) is 2.12. The summed E-state index contributed by atoms with van der Waals surface area (Å²) in [6.07, 6.45) is 0.351. The first-order valence-corrected chi connectivity index (χ1v) is 4.17. The van der Waals surface area contributed by atoms with Crippen LogP contribution in [0.4, 0.5) is 5.69 Å². The minimum Gasteiger partial charge on any atom is -0.377 e. The topological polar surface area (TPSA) is 15.8 Å². The summed E-state index contributed by atoms with van der Waals surface area (Å²) in [6.45, 7) is 0.880. The fraction of sp³-hybridized carbons (Fsp3) is 0.400. The molecule has 0 saturated carbocycles. The normalized spacial score (nSPS) is 20.7. The zero-order valence-corrected chi connectivity index (χ0v) is 7.45. The van der Waals surface area contributed by atoms with Crippen molar-refractivity contribution in [3.8, 4) is 0 Å². The highest BCUT2D eigenvalue weighted by Crippen LogP contribution is 2.35. The van der Waals surface area contributed by atoms with Crippen molar-refractivity contribution in [3.63, 3.8) is 0 Å². The second-order valence-electron chi connectivity index (χ2n) is 3.28. The van der Waals surface area contributed by atoms with E-state index in [0.717, 1.165) is 6.61 Å². The van der Waals surface area contributed by atoms with Gasteiger partial charge in [-0.25, -0.2) is 0 Å². The Labute approximate surface area is 72.8 Å². The van der Waals surface area contributed by atoms with Crippen molar-refractivity contribution in [2.45, 2.75) is 6.10 Å². The van der Waals surface area contributed by atoms with Crippen LogP contribution in [0.5, 0.6) is 0 Å². The Morgan fingerprint density at radius 1 is 1.33 bits per heavy atom. The first kappa shape index (κ1) is 7.62. The van der Waals surface area contributed by atoms with Crippen molar-refractivity contribution in [2.75, 3.05) is 25.6 Å². The summed E-state index contributed by atoms with van der Waals surface area (Å²) in [7, 11) is 4.11. The predicted molar refractivity (Wildman–Crippen MR) is 49.5 cm³/mol. The van der Waals surface area contributed by atoms with E-state index in [4.69, 9.17) is 4.74 Å². The standard InChI is InChI=1S/C10H13NO/c1-11(2)9-6-4-3-5-8(9)10-7-12-10/h3-6,10H,7H2,1-2H3. The van der Waals surface area contributed by atoms with Crippen LogP contribution in [0.1, 0.15) is 11.7 Å². The molecule has 1 saturated heterocycles. The van der Waals surface area contributed by atoms with Gasteiger partial charge in [0.15, 0.2) is 0 Å². The van der Waals surface area contributed by atoms with Crippen LogP contribution in [0.25, 0.3) is 0 Å². The largest absolute Gasteiger partial charge is 0.377 e. The third-order valence-electron chi connectivity index (χ3n) is 2.10. The number of rotatable bonds is 2. The molecular weight excluding hydrogens is 150 g/mol. The number of epoxide rings is 1.